The van der Waals surface area contributed by atoms with Crippen LogP contribution in [0.1, 0.15) is 5.82 Å². The number of amides is 1. The number of nitrogens with zero attached hydrogens (tertiary/aromatic N) is 4. The summed E-state index contributed by atoms with van der Waals surface area (Å²) in [6.07, 6.45) is 0. The van der Waals surface area contributed by atoms with Gasteiger partial charge in [-0.15, -0.1) is 10.2 Å². The molecule has 1 aromatic heterocycles. The number of rotatable bonds is 9. The fourth-order valence-electron chi connectivity index (χ4n) is 3.26. The Morgan fingerprint density at radius 1 is 0.879 bits per heavy atom. The minimum Gasteiger partial charge on any atom is -0.493 e. The zero-order chi connectivity index (χ0) is 23.0. The lowest BCUT2D eigenvalue weighted by molar-refractivity contribution is -0.115. The lowest BCUT2D eigenvalue weighted by Crippen LogP contribution is -2.27. The van der Waals surface area contributed by atoms with Gasteiger partial charge in [0, 0.05) is 18.4 Å². The molecule has 168 valence electrons. The molecule has 0 aliphatic carbocycles. The summed E-state index contributed by atoms with van der Waals surface area (Å²) in [7, 11) is 3.46. The van der Waals surface area contributed by atoms with E-state index in [9.17, 15) is 4.79 Å². The molecule has 0 atom stereocenters. The van der Waals surface area contributed by atoms with Crippen LogP contribution in [0.2, 0.25) is 0 Å². The minimum absolute atomic E-state index is 0.0489. The number of thioether (sulfide) groups is 1. The number of para-hydroxylation sites is 4. The van der Waals surface area contributed by atoms with Gasteiger partial charge in [0.05, 0.1) is 12.9 Å². The highest BCUT2D eigenvalue weighted by Crippen LogP contribution is 2.28. The summed E-state index contributed by atoms with van der Waals surface area (Å²) in [6.45, 7) is 0.235. The van der Waals surface area contributed by atoms with Gasteiger partial charge >= 0.3 is 0 Å². The second kappa shape index (κ2) is 10.7. The molecule has 0 radical (unpaired) electrons. The third kappa shape index (κ3) is 5.35. The molecule has 3 aromatic carbocycles. The molecule has 0 aliphatic heterocycles. The fraction of sp³-hybridized carbons (Fsp3) is 0.160. The first-order valence-corrected chi connectivity index (χ1v) is 11.4. The third-order valence-electron chi connectivity index (χ3n) is 4.95. The number of hydrogen-bond donors (Lipinski definition) is 0. The number of hydrogen-bond acceptors (Lipinski definition) is 6. The second-order valence-corrected chi connectivity index (χ2v) is 8.03. The number of carbonyl (C=O) groups excluding carboxylic acids is 1. The quantitative estimate of drug-likeness (QED) is 0.332. The van der Waals surface area contributed by atoms with Crippen LogP contribution in [-0.4, -0.2) is 33.5 Å². The maximum absolute atomic E-state index is 13.2. The van der Waals surface area contributed by atoms with Gasteiger partial charge in [0.15, 0.2) is 22.5 Å². The van der Waals surface area contributed by atoms with Gasteiger partial charge < -0.3 is 14.0 Å². The molecule has 8 heteroatoms. The largest absolute Gasteiger partial charge is 0.493 e. The van der Waals surface area contributed by atoms with E-state index in [1.165, 1.54) is 11.8 Å². The molecule has 0 spiro atoms. The number of aromatic nitrogens is 3. The van der Waals surface area contributed by atoms with Crippen molar-refractivity contribution in [3.63, 3.8) is 0 Å². The molecule has 0 N–H and O–H groups in total. The van der Waals surface area contributed by atoms with Gasteiger partial charge in [-0.25, -0.2) is 0 Å². The predicted octanol–water partition coefficient (Wildman–Crippen LogP) is 4.86. The van der Waals surface area contributed by atoms with Crippen LogP contribution in [-0.2, 0) is 18.4 Å². The molecule has 4 rings (SSSR count). The Morgan fingerprint density at radius 3 is 2.06 bits per heavy atom. The summed E-state index contributed by atoms with van der Waals surface area (Å²) in [5.41, 5.74) is 1.64. The SMILES string of the molecule is COc1ccccc1OCc1nnc(SCC(=O)N(c2ccccc2)c2ccccc2)n1C. The molecule has 4 aromatic rings. The lowest BCUT2D eigenvalue weighted by Gasteiger charge is -2.22. The molecule has 0 saturated carbocycles. The van der Waals surface area contributed by atoms with E-state index in [1.807, 2.05) is 96.5 Å². The summed E-state index contributed by atoms with van der Waals surface area (Å²) in [5.74, 6) is 2.10. The summed E-state index contributed by atoms with van der Waals surface area (Å²) >= 11 is 1.34. The van der Waals surface area contributed by atoms with E-state index < -0.39 is 0 Å². The average Bonchev–Trinajstić information content (AvgIpc) is 3.22. The van der Waals surface area contributed by atoms with E-state index >= 15 is 0 Å². The summed E-state index contributed by atoms with van der Waals surface area (Å²) in [5, 5.41) is 9.11. The highest BCUT2D eigenvalue weighted by molar-refractivity contribution is 7.99. The Bertz CT molecular complexity index is 1160. The summed E-state index contributed by atoms with van der Waals surface area (Å²) in [4.78, 5) is 14.9. The molecule has 0 aliphatic rings. The van der Waals surface area contributed by atoms with Crippen LogP contribution in [0, 0.1) is 0 Å². The van der Waals surface area contributed by atoms with Gasteiger partial charge in [-0.2, -0.15) is 0 Å². The van der Waals surface area contributed by atoms with Crippen molar-refractivity contribution in [2.24, 2.45) is 7.05 Å². The topological polar surface area (TPSA) is 69.5 Å². The van der Waals surface area contributed by atoms with Crippen LogP contribution in [0.15, 0.2) is 90.1 Å². The van der Waals surface area contributed by atoms with Crippen LogP contribution >= 0.6 is 11.8 Å². The average molecular weight is 461 g/mol. The third-order valence-corrected chi connectivity index (χ3v) is 5.96. The second-order valence-electron chi connectivity index (χ2n) is 7.09. The molecule has 33 heavy (non-hydrogen) atoms. The highest BCUT2D eigenvalue weighted by atomic mass is 32.2. The van der Waals surface area contributed by atoms with Crippen LogP contribution < -0.4 is 14.4 Å². The minimum atomic E-state index is -0.0489. The van der Waals surface area contributed by atoms with Crippen molar-refractivity contribution in [3.05, 3.63) is 90.8 Å². The van der Waals surface area contributed by atoms with E-state index in [1.54, 1.807) is 12.0 Å². The highest BCUT2D eigenvalue weighted by Gasteiger charge is 2.20. The zero-order valence-corrected chi connectivity index (χ0v) is 19.2. The lowest BCUT2D eigenvalue weighted by atomic mass is 10.2. The first-order valence-electron chi connectivity index (χ1n) is 10.4. The van der Waals surface area contributed by atoms with Crippen molar-refractivity contribution >= 4 is 29.0 Å². The van der Waals surface area contributed by atoms with Crippen LogP contribution in [0.5, 0.6) is 11.5 Å². The molecule has 0 fully saturated rings. The molecule has 7 nitrogen and oxygen atoms in total. The number of carbonyl (C=O) groups is 1. The molecule has 1 heterocycles. The van der Waals surface area contributed by atoms with Crippen LogP contribution in [0.25, 0.3) is 0 Å². The summed E-state index contributed by atoms with van der Waals surface area (Å²) < 4.78 is 13.0. The van der Waals surface area contributed by atoms with Crippen LogP contribution in [0.4, 0.5) is 11.4 Å². The van der Waals surface area contributed by atoms with E-state index in [4.69, 9.17) is 9.47 Å². The number of ether oxygens (including phenoxy) is 2. The van der Waals surface area contributed by atoms with Gasteiger partial charge in [-0.05, 0) is 36.4 Å². The molecule has 1 amide bonds. The number of benzene rings is 3. The van der Waals surface area contributed by atoms with Gasteiger partial charge in [-0.3, -0.25) is 9.69 Å². The smallest absolute Gasteiger partial charge is 0.242 e. The maximum Gasteiger partial charge on any atom is 0.242 e. The van der Waals surface area contributed by atoms with E-state index in [0.29, 0.717) is 22.5 Å². The fourth-order valence-corrected chi connectivity index (χ4v) is 4.04. The van der Waals surface area contributed by atoms with Crippen molar-refractivity contribution in [2.75, 3.05) is 17.8 Å². The Hall–Kier alpha value is -3.78. The Morgan fingerprint density at radius 2 is 1.45 bits per heavy atom. The van der Waals surface area contributed by atoms with Gasteiger partial charge in [0.1, 0.15) is 6.61 Å². The Labute approximate surface area is 197 Å². The summed E-state index contributed by atoms with van der Waals surface area (Å²) in [6, 6.07) is 26.7. The Balaban J connectivity index is 1.44. The monoisotopic (exact) mass is 460 g/mol. The molecule has 0 saturated heterocycles. The Kier molecular flexibility index (Phi) is 7.26. The van der Waals surface area contributed by atoms with E-state index in [2.05, 4.69) is 10.2 Å². The van der Waals surface area contributed by atoms with Crippen molar-refractivity contribution in [3.8, 4) is 11.5 Å². The molecular formula is C25H24N4O3S. The molecular weight excluding hydrogens is 436 g/mol. The zero-order valence-electron chi connectivity index (χ0n) is 18.4. The molecule has 0 unspecified atom stereocenters. The first-order chi connectivity index (χ1) is 16.2. The van der Waals surface area contributed by atoms with Crippen molar-refractivity contribution in [2.45, 2.75) is 11.8 Å². The van der Waals surface area contributed by atoms with Crippen LogP contribution in [0.3, 0.4) is 0 Å². The van der Waals surface area contributed by atoms with E-state index in [0.717, 1.165) is 11.4 Å². The van der Waals surface area contributed by atoms with Crippen molar-refractivity contribution in [1.82, 2.24) is 14.8 Å². The van der Waals surface area contributed by atoms with Crippen molar-refractivity contribution < 1.29 is 14.3 Å². The number of methoxy groups -OCH3 is 1. The van der Waals surface area contributed by atoms with Crippen molar-refractivity contribution in [1.29, 1.82) is 0 Å². The first kappa shape index (κ1) is 22.4. The van der Waals surface area contributed by atoms with Gasteiger partial charge in [0.2, 0.25) is 5.91 Å². The van der Waals surface area contributed by atoms with Gasteiger partial charge in [0.25, 0.3) is 0 Å². The maximum atomic E-state index is 13.2. The van der Waals surface area contributed by atoms with Gasteiger partial charge in [-0.1, -0.05) is 60.3 Å². The van der Waals surface area contributed by atoms with E-state index in [-0.39, 0.29) is 18.3 Å². The normalized spacial score (nSPS) is 10.6. The predicted molar refractivity (Wildman–Crippen MR) is 129 cm³/mol. The molecule has 0 bridgehead atoms. The standard InChI is InChI=1S/C25H24N4O3S/c1-28-23(17-32-22-16-10-9-15-21(22)31-2)26-27-25(28)33-18-24(30)29(19-11-5-3-6-12-19)20-13-7-4-8-14-20/h3-16H,17-18H2,1-2H3. The number of anilines is 2.